The van der Waals surface area contributed by atoms with Crippen molar-refractivity contribution < 1.29 is 4.57 Å². The van der Waals surface area contributed by atoms with Gasteiger partial charge in [-0.25, -0.2) is 4.57 Å². The summed E-state index contributed by atoms with van der Waals surface area (Å²) in [6.45, 7) is 6.65. The molecule has 5 heteroatoms. The molecule has 0 saturated carbocycles. The van der Waals surface area contributed by atoms with Crippen molar-refractivity contribution in [1.29, 1.82) is 0 Å². The third-order valence-electron chi connectivity index (χ3n) is 3.16. The van der Waals surface area contributed by atoms with Gasteiger partial charge < -0.3 is 0 Å². The second-order valence-electron chi connectivity index (χ2n) is 4.73. The Morgan fingerprint density at radius 1 is 0.750 bits per heavy atom. The standard InChI is InChI=1S/C15H16NS4/c1-9-10(2)18-14(17-9)15-19-11(3)13(20-15)12-5-7-16(4)8-6-12/h5-8H,1-4H3/q+1. The number of nitrogens with zero attached hydrogens (tertiary/aromatic N) is 1. The van der Waals surface area contributed by atoms with Crippen LogP contribution in [0.4, 0.5) is 0 Å². The monoisotopic (exact) mass is 338 g/mol. The average molecular weight is 339 g/mol. The van der Waals surface area contributed by atoms with Gasteiger partial charge >= 0.3 is 0 Å². The topological polar surface area (TPSA) is 3.88 Å². The average Bonchev–Trinajstić information content (AvgIpc) is 2.95. The highest BCUT2D eigenvalue weighted by Crippen LogP contribution is 2.61. The number of hydrogen-bond acceptors (Lipinski definition) is 4. The van der Waals surface area contributed by atoms with E-state index in [2.05, 4.69) is 56.9 Å². The fourth-order valence-electron chi connectivity index (χ4n) is 1.89. The minimum Gasteiger partial charge on any atom is -0.208 e. The van der Waals surface area contributed by atoms with E-state index in [1.54, 1.807) is 0 Å². The van der Waals surface area contributed by atoms with Crippen LogP contribution in [0.15, 0.2) is 47.7 Å². The lowest BCUT2D eigenvalue weighted by Gasteiger charge is -2.03. The lowest BCUT2D eigenvalue weighted by atomic mass is 10.2. The Kier molecular flexibility index (Phi) is 4.32. The maximum atomic E-state index is 2.23. The Hall–Kier alpha value is -0.230. The van der Waals surface area contributed by atoms with Gasteiger partial charge in [-0.1, -0.05) is 47.0 Å². The van der Waals surface area contributed by atoms with Gasteiger partial charge in [-0.15, -0.1) is 0 Å². The molecule has 0 radical (unpaired) electrons. The van der Waals surface area contributed by atoms with E-state index in [4.69, 9.17) is 0 Å². The summed E-state index contributed by atoms with van der Waals surface area (Å²) in [6.07, 6.45) is 4.22. The van der Waals surface area contributed by atoms with Gasteiger partial charge in [-0.3, -0.25) is 0 Å². The quantitative estimate of drug-likeness (QED) is 0.619. The first-order valence-electron chi connectivity index (χ1n) is 6.34. The first-order chi connectivity index (χ1) is 9.54. The smallest absolute Gasteiger partial charge is 0.169 e. The molecule has 0 aromatic carbocycles. The van der Waals surface area contributed by atoms with Crippen LogP contribution >= 0.6 is 47.0 Å². The molecule has 104 valence electrons. The molecule has 0 bridgehead atoms. The molecule has 0 atom stereocenters. The number of allylic oxidation sites excluding steroid dienone is 3. The summed E-state index contributed by atoms with van der Waals surface area (Å²) in [5.41, 5.74) is 1.32. The van der Waals surface area contributed by atoms with Crippen molar-refractivity contribution in [2.75, 3.05) is 0 Å². The molecule has 20 heavy (non-hydrogen) atoms. The molecule has 0 N–H and O–H groups in total. The number of thioether (sulfide) groups is 4. The Bertz CT molecular complexity index is 637. The zero-order valence-corrected chi connectivity index (χ0v) is 15.2. The van der Waals surface area contributed by atoms with E-state index in [9.17, 15) is 0 Å². The van der Waals surface area contributed by atoms with Gasteiger partial charge in [0.2, 0.25) is 0 Å². The van der Waals surface area contributed by atoms with Crippen LogP contribution in [-0.4, -0.2) is 0 Å². The molecule has 1 aromatic rings. The number of hydrogen-bond donors (Lipinski definition) is 0. The maximum Gasteiger partial charge on any atom is 0.169 e. The van der Waals surface area contributed by atoms with E-state index >= 15 is 0 Å². The van der Waals surface area contributed by atoms with Gasteiger partial charge in [0.05, 0.1) is 8.47 Å². The fourth-order valence-corrected chi connectivity index (χ4v) is 7.35. The highest BCUT2D eigenvalue weighted by Gasteiger charge is 2.26. The Morgan fingerprint density at radius 2 is 1.25 bits per heavy atom. The van der Waals surface area contributed by atoms with Gasteiger partial charge in [-0.05, 0) is 30.6 Å². The predicted octanol–water partition coefficient (Wildman–Crippen LogP) is 5.54. The molecule has 1 nitrogen and oxygen atoms in total. The van der Waals surface area contributed by atoms with Gasteiger partial charge in [0, 0.05) is 27.5 Å². The number of aryl methyl sites for hydroxylation is 1. The van der Waals surface area contributed by atoms with E-state index in [0.29, 0.717) is 0 Å². The van der Waals surface area contributed by atoms with Crippen molar-refractivity contribution >= 4 is 52.0 Å². The minimum atomic E-state index is 1.32. The van der Waals surface area contributed by atoms with Crippen molar-refractivity contribution in [2.45, 2.75) is 20.8 Å². The summed E-state index contributed by atoms with van der Waals surface area (Å²) >= 11 is 7.69. The molecular weight excluding hydrogens is 322 g/mol. The zero-order chi connectivity index (χ0) is 14.3. The molecule has 3 heterocycles. The van der Waals surface area contributed by atoms with Crippen LogP contribution in [0.1, 0.15) is 26.3 Å². The third-order valence-corrected chi connectivity index (χ3v) is 8.97. The maximum absolute atomic E-state index is 2.23. The Labute approximate surface area is 137 Å². The molecule has 0 saturated heterocycles. The predicted molar refractivity (Wildman–Crippen MR) is 96.0 cm³/mol. The highest BCUT2D eigenvalue weighted by molar-refractivity contribution is 8.35. The molecular formula is C15H16NS4+. The van der Waals surface area contributed by atoms with Crippen LogP contribution in [0.5, 0.6) is 0 Å². The summed E-state index contributed by atoms with van der Waals surface area (Å²) in [7, 11) is 2.05. The third kappa shape index (κ3) is 2.86. The number of rotatable bonds is 1. The molecule has 0 unspecified atom stereocenters. The van der Waals surface area contributed by atoms with Crippen LogP contribution in [0.3, 0.4) is 0 Å². The lowest BCUT2D eigenvalue weighted by Crippen LogP contribution is -2.25. The van der Waals surface area contributed by atoms with E-state index in [1.165, 1.54) is 33.7 Å². The first kappa shape index (κ1) is 14.7. The van der Waals surface area contributed by atoms with Crippen molar-refractivity contribution in [2.24, 2.45) is 7.05 Å². The molecule has 0 fully saturated rings. The summed E-state index contributed by atoms with van der Waals surface area (Å²) < 4.78 is 4.97. The first-order valence-corrected chi connectivity index (χ1v) is 9.61. The summed E-state index contributed by atoms with van der Waals surface area (Å²) in [5, 5.41) is 0. The van der Waals surface area contributed by atoms with Crippen LogP contribution in [0.2, 0.25) is 0 Å². The minimum absolute atomic E-state index is 1.32. The molecule has 3 rings (SSSR count). The SMILES string of the molecule is CC1=C(C)SC(=C2SC(C)=C(c3cc[n+](C)cc3)S2)S1. The molecule has 2 aliphatic heterocycles. The normalized spacial score (nSPS) is 19.6. The van der Waals surface area contributed by atoms with Crippen molar-refractivity contribution in [1.82, 2.24) is 0 Å². The Balaban J connectivity index is 1.85. The van der Waals surface area contributed by atoms with Gasteiger partial charge in [0.1, 0.15) is 7.05 Å². The van der Waals surface area contributed by atoms with Gasteiger partial charge in [0.25, 0.3) is 0 Å². The van der Waals surface area contributed by atoms with E-state index < -0.39 is 0 Å². The molecule has 2 aliphatic rings. The second-order valence-corrected chi connectivity index (χ2v) is 9.94. The van der Waals surface area contributed by atoms with Gasteiger partial charge in [0.15, 0.2) is 12.4 Å². The van der Waals surface area contributed by atoms with E-state index in [1.807, 2.05) is 47.0 Å². The number of aromatic nitrogens is 1. The molecule has 1 aromatic heterocycles. The second kappa shape index (κ2) is 5.87. The molecule has 0 amide bonds. The largest absolute Gasteiger partial charge is 0.208 e. The summed E-state index contributed by atoms with van der Waals surface area (Å²) in [4.78, 5) is 5.70. The molecule has 0 spiro atoms. The summed E-state index contributed by atoms with van der Waals surface area (Å²) in [5.74, 6) is 0. The fraction of sp³-hybridized carbons (Fsp3) is 0.267. The van der Waals surface area contributed by atoms with Gasteiger partial charge in [-0.2, -0.15) is 0 Å². The van der Waals surface area contributed by atoms with Crippen LogP contribution < -0.4 is 4.57 Å². The van der Waals surface area contributed by atoms with Crippen molar-refractivity contribution in [3.63, 3.8) is 0 Å². The van der Waals surface area contributed by atoms with E-state index in [-0.39, 0.29) is 0 Å². The lowest BCUT2D eigenvalue weighted by molar-refractivity contribution is -0.671. The van der Waals surface area contributed by atoms with Crippen LogP contribution in [-0.2, 0) is 7.05 Å². The van der Waals surface area contributed by atoms with Crippen molar-refractivity contribution in [3.8, 4) is 0 Å². The zero-order valence-electron chi connectivity index (χ0n) is 11.9. The highest BCUT2D eigenvalue weighted by atomic mass is 32.2. The number of pyridine rings is 1. The van der Waals surface area contributed by atoms with E-state index in [0.717, 1.165) is 0 Å². The molecule has 0 aliphatic carbocycles. The van der Waals surface area contributed by atoms with Crippen molar-refractivity contribution in [3.05, 3.63) is 53.3 Å². The summed E-state index contributed by atoms with van der Waals surface area (Å²) in [6, 6.07) is 4.40. The Morgan fingerprint density at radius 3 is 1.85 bits per heavy atom. The van der Waals surface area contributed by atoms with Crippen LogP contribution in [0.25, 0.3) is 4.91 Å². The van der Waals surface area contributed by atoms with Crippen LogP contribution in [0, 0.1) is 0 Å².